The van der Waals surface area contributed by atoms with Crippen molar-refractivity contribution in [1.29, 1.82) is 0 Å². The molecule has 1 fully saturated rings. The Hall–Kier alpha value is -0.670. The van der Waals surface area contributed by atoms with Crippen LogP contribution in [0, 0.1) is 6.92 Å². The molecule has 0 amide bonds. The van der Waals surface area contributed by atoms with Gasteiger partial charge in [-0.05, 0) is 32.6 Å². The molecule has 0 spiro atoms. The molecular formula is C13H19ClN2O. The Morgan fingerprint density at radius 3 is 2.76 bits per heavy atom. The van der Waals surface area contributed by atoms with Gasteiger partial charge in [0.1, 0.15) is 11.0 Å². The minimum atomic E-state index is 0.270. The first-order chi connectivity index (χ1) is 8.20. The van der Waals surface area contributed by atoms with E-state index < -0.39 is 0 Å². The molecule has 1 aromatic heterocycles. The van der Waals surface area contributed by atoms with Crippen molar-refractivity contribution in [2.75, 3.05) is 6.61 Å². The second-order valence-electron chi connectivity index (χ2n) is 4.54. The van der Waals surface area contributed by atoms with Gasteiger partial charge in [0.25, 0.3) is 0 Å². The van der Waals surface area contributed by atoms with Crippen molar-refractivity contribution < 1.29 is 4.74 Å². The Labute approximate surface area is 108 Å². The Kier molecular flexibility index (Phi) is 4.35. The van der Waals surface area contributed by atoms with Crippen LogP contribution in [0.2, 0.25) is 5.15 Å². The predicted molar refractivity (Wildman–Crippen MR) is 68.5 cm³/mol. The van der Waals surface area contributed by atoms with Crippen LogP contribution in [0.1, 0.15) is 43.3 Å². The first kappa shape index (κ1) is 12.8. The lowest BCUT2D eigenvalue weighted by Gasteiger charge is -2.22. The number of nitrogens with zero attached hydrogens (tertiary/aromatic N) is 2. The summed E-state index contributed by atoms with van der Waals surface area (Å²) in [6, 6.07) is 0. The summed E-state index contributed by atoms with van der Waals surface area (Å²) in [6.45, 7) is 4.93. The van der Waals surface area contributed by atoms with Crippen molar-refractivity contribution in [2.24, 2.45) is 0 Å². The summed E-state index contributed by atoms with van der Waals surface area (Å²) in [4.78, 5) is 8.90. The highest BCUT2D eigenvalue weighted by Gasteiger charge is 2.17. The van der Waals surface area contributed by atoms with E-state index >= 15 is 0 Å². The van der Waals surface area contributed by atoms with E-state index in [-0.39, 0.29) is 6.10 Å². The van der Waals surface area contributed by atoms with Gasteiger partial charge >= 0.3 is 0 Å². The first-order valence-electron chi connectivity index (χ1n) is 6.34. The van der Waals surface area contributed by atoms with Crippen LogP contribution in [0.15, 0.2) is 0 Å². The van der Waals surface area contributed by atoms with Crippen LogP contribution in [0.3, 0.4) is 0 Å². The molecule has 0 aromatic carbocycles. The molecule has 0 radical (unpaired) electrons. The van der Waals surface area contributed by atoms with Gasteiger partial charge in [0.15, 0.2) is 0 Å². The lowest BCUT2D eigenvalue weighted by Crippen LogP contribution is -2.22. The smallest absolute Gasteiger partial charge is 0.136 e. The van der Waals surface area contributed by atoms with Gasteiger partial charge in [-0.2, -0.15) is 0 Å². The molecular weight excluding hydrogens is 236 g/mol. The monoisotopic (exact) mass is 254 g/mol. The van der Waals surface area contributed by atoms with E-state index in [4.69, 9.17) is 16.3 Å². The number of halogens is 1. The molecule has 0 N–H and O–H groups in total. The Bertz CT molecular complexity index is 366. The SMILES string of the molecule is CCc1c(C)nc(CC2CCCCO2)nc1Cl. The van der Waals surface area contributed by atoms with E-state index in [0.29, 0.717) is 5.15 Å². The molecule has 94 valence electrons. The number of rotatable bonds is 3. The fraction of sp³-hybridized carbons (Fsp3) is 0.692. The average Bonchev–Trinajstić information content (AvgIpc) is 2.30. The normalized spacial score (nSPS) is 20.5. The molecule has 1 aliphatic heterocycles. The number of hydrogen-bond acceptors (Lipinski definition) is 3. The number of hydrogen-bond donors (Lipinski definition) is 0. The lowest BCUT2D eigenvalue weighted by atomic mass is 10.1. The molecule has 0 bridgehead atoms. The van der Waals surface area contributed by atoms with Crippen LogP contribution in [0.25, 0.3) is 0 Å². The molecule has 1 unspecified atom stereocenters. The third-order valence-electron chi connectivity index (χ3n) is 3.25. The summed E-state index contributed by atoms with van der Waals surface area (Å²) < 4.78 is 5.70. The van der Waals surface area contributed by atoms with E-state index in [1.165, 1.54) is 12.8 Å². The zero-order valence-electron chi connectivity index (χ0n) is 10.5. The van der Waals surface area contributed by atoms with Gasteiger partial charge in [-0.15, -0.1) is 0 Å². The van der Waals surface area contributed by atoms with Gasteiger partial charge in [0, 0.05) is 24.3 Å². The van der Waals surface area contributed by atoms with Crippen LogP contribution in [0.5, 0.6) is 0 Å². The molecule has 17 heavy (non-hydrogen) atoms. The third kappa shape index (κ3) is 3.17. The minimum Gasteiger partial charge on any atom is -0.378 e. The zero-order valence-corrected chi connectivity index (χ0v) is 11.3. The number of aryl methyl sites for hydroxylation is 1. The van der Waals surface area contributed by atoms with Crippen molar-refractivity contribution in [3.8, 4) is 0 Å². The minimum absolute atomic E-state index is 0.270. The Morgan fingerprint density at radius 2 is 2.18 bits per heavy atom. The summed E-state index contributed by atoms with van der Waals surface area (Å²) in [6.07, 6.45) is 5.45. The van der Waals surface area contributed by atoms with Crippen molar-refractivity contribution in [1.82, 2.24) is 9.97 Å². The molecule has 3 nitrogen and oxygen atoms in total. The van der Waals surface area contributed by atoms with Gasteiger partial charge in [-0.1, -0.05) is 18.5 Å². The zero-order chi connectivity index (χ0) is 12.3. The van der Waals surface area contributed by atoms with Crippen LogP contribution in [-0.4, -0.2) is 22.7 Å². The summed E-state index contributed by atoms with van der Waals surface area (Å²) >= 11 is 6.16. The maximum atomic E-state index is 6.16. The fourth-order valence-electron chi connectivity index (χ4n) is 2.28. The molecule has 1 aliphatic rings. The second-order valence-corrected chi connectivity index (χ2v) is 4.90. The van der Waals surface area contributed by atoms with Gasteiger partial charge in [-0.25, -0.2) is 9.97 Å². The van der Waals surface area contributed by atoms with E-state index in [1.54, 1.807) is 0 Å². The largest absolute Gasteiger partial charge is 0.378 e. The van der Waals surface area contributed by atoms with Crippen molar-refractivity contribution in [3.05, 3.63) is 22.2 Å². The Balaban J connectivity index is 2.10. The lowest BCUT2D eigenvalue weighted by molar-refractivity contribution is 0.0156. The Morgan fingerprint density at radius 1 is 1.35 bits per heavy atom. The molecule has 1 aromatic rings. The van der Waals surface area contributed by atoms with Crippen LogP contribution < -0.4 is 0 Å². The molecule has 0 saturated carbocycles. The molecule has 1 saturated heterocycles. The van der Waals surface area contributed by atoms with E-state index in [1.807, 2.05) is 6.92 Å². The average molecular weight is 255 g/mol. The van der Waals surface area contributed by atoms with Crippen LogP contribution in [0.4, 0.5) is 0 Å². The standard InChI is InChI=1S/C13H19ClN2O/c1-3-11-9(2)15-12(16-13(11)14)8-10-6-4-5-7-17-10/h10H,3-8H2,1-2H3. The van der Waals surface area contributed by atoms with Crippen molar-refractivity contribution in [2.45, 2.75) is 52.1 Å². The van der Waals surface area contributed by atoms with E-state index in [0.717, 1.165) is 43.0 Å². The quantitative estimate of drug-likeness (QED) is 0.778. The van der Waals surface area contributed by atoms with Gasteiger partial charge in [0.2, 0.25) is 0 Å². The molecule has 2 heterocycles. The van der Waals surface area contributed by atoms with Gasteiger partial charge in [0.05, 0.1) is 6.10 Å². The fourth-order valence-corrected chi connectivity index (χ4v) is 2.65. The van der Waals surface area contributed by atoms with Crippen molar-refractivity contribution >= 4 is 11.6 Å². The third-order valence-corrected chi connectivity index (χ3v) is 3.56. The molecule has 2 rings (SSSR count). The summed E-state index contributed by atoms with van der Waals surface area (Å²) in [7, 11) is 0. The highest BCUT2D eigenvalue weighted by Crippen LogP contribution is 2.20. The number of ether oxygens (including phenoxy) is 1. The van der Waals surface area contributed by atoms with Crippen molar-refractivity contribution in [3.63, 3.8) is 0 Å². The van der Waals surface area contributed by atoms with Crippen LogP contribution in [-0.2, 0) is 17.6 Å². The molecule has 1 atom stereocenters. The topological polar surface area (TPSA) is 35.0 Å². The summed E-state index contributed by atoms with van der Waals surface area (Å²) in [5.74, 6) is 0.816. The highest BCUT2D eigenvalue weighted by atomic mass is 35.5. The maximum absolute atomic E-state index is 6.16. The summed E-state index contributed by atoms with van der Waals surface area (Å²) in [5, 5.41) is 0.603. The van der Waals surface area contributed by atoms with Gasteiger partial charge < -0.3 is 4.74 Å². The van der Waals surface area contributed by atoms with Crippen LogP contribution >= 0.6 is 11.6 Å². The number of aromatic nitrogens is 2. The maximum Gasteiger partial charge on any atom is 0.136 e. The van der Waals surface area contributed by atoms with E-state index in [9.17, 15) is 0 Å². The first-order valence-corrected chi connectivity index (χ1v) is 6.72. The predicted octanol–water partition coefficient (Wildman–Crippen LogP) is 3.11. The van der Waals surface area contributed by atoms with E-state index in [2.05, 4.69) is 16.9 Å². The summed E-state index contributed by atoms with van der Waals surface area (Å²) in [5.41, 5.74) is 2.05. The van der Waals surface area contributed by atoms with Gasteiger partial charge in [-0.3, -0.25) is 0 Å². The molecule has 0 aliphatic carbocycles. The highest BCUT2D eigenvalue weighted by molar-refractivity contribution is 6.30. The molecule has 4 heteroatoms. The second kappa shape index (κ2) is 5.78.